The van der Waals surface area contributed by atoms with E-state index < -0.39 is 0 Å². The highest BCUT2D eigenvalue weighted by Crippen LogP contribution is 2.22. The summed E-state index contributed by atoms with van der Waals surface area (Å²) in [7, 11) is 0. The Balaban J connectivity index is 1.40. The summed E-state index contributed by atoms with van der Waals surface area (Å²) in [5, 5.41) is 0. The molecule has 1 heterocycles. The number of amides is 2. The van der Waals surface area contributed by atoms with Crippen LogP contribution in [0.2, 0.25) is 0 Å². The highest BCUT2D eigenvalue weighted by atomic mass is 16.5. The molecule has 0 aliphatic carbocycles. The monoisotopic (exact) mass is 349 g/mol. The topological polar surface area (TPSA) is 63.7 Å². The molecule has 132 valence electrons. The van der Waals surface area contributed by atoms with E-state index >= 15 is 0 Å². The summed E-state index contributed by atoms with van der Waals surface area (Å²) in [5.41, 5.74) is 1.88. The fourth-order valence-corrected chi connectivity index (χ4v) is 2.79. The first-order valence-corrected chi connectivity index (χ1v) is 8.49. The molecular formula is C21H19NO4. The van der Waals surface area contributed by atoms with Gasteiger partial charge in [-0.2, -0.15) is 0 Å². The smallest absolute Gasteiger partial charge is 0.306 e. The molecule has 0 saturated heterocycles. The van der Waals surface area contributed by atoms with Gasteiger partial charge in [0.05, 0.1) is 11.1 Å². The quantitative estimate of drug-likeness (QED) is 0.568. The normalized spacial score (nSPS) is 13.3. The summed E-state index contributed by atoms with van der Waals surface area (Å²) < 4.78 is 5.13. The number of carbonyl (C=O) groups excluding carboxylic acids is 3. The van der Waals surface area contributed by atoms with Gasteiger partial charge in [0.2, 0.25) is 0 Å². The lowest BCUT2D eigenvalue weighted by molar-refractivity contribution is -0.142. The molecule has 2 aromatic rings. The van der Waals surface area contributed by atoms with E-state index in [1.807, 2.05) is 36.4 Å². The van der Waals surface area contributed by atoms with Gasteiger partial charge < -0.3 is 4.74 Å². The Morgan fingerprint density at radius 3 is 2.19 bits per heavy atom. The number of fused-ring (bicyclic) bond motifs is 1. The van der Waals surface area contributed by atoms with Gasteiger partial charge in [-0.15, -0.1) is 0 Å². The van der Waals surface area contributed by atoms with Gasteiger partial charge in [-0.05, 0) is 30.2 Å². The summed E-state index contributed by atoms with van der Waals surface area (Å²) in [4.78, 5) is 37.4. The number of carbonyl (C=O) groups is 3. The molecular weight excluding hydrogens is 330 g/mol. The summed E-state index contributed by atoms with van der Waals surface area (Å²) in [6, 6.07) is 16.5. The Kier molecular flexibility index (Phi) is 5.59. The Labute approximate surface area is 151 Å². The maximum absolute atomic E-state index is 12.2. The second kappa shape index (κ2) is 8.25. The molecule has 0 aromatic heterocycles. The van der Waals surface area contributed by atoms with E-state index in [2.05, 4.69) is 0 Å². The Hall–Kier alpha value is -3.21. The van der Waals surface area contributed by atoms with Gasteiger partial charge in [-0.3, -0.25) is 19.3 Å². The summed E-state index contributed by atoms with van der Waals surface area (Å²) >= 11 is 0. The van der Waals surface area contributed by atoms with Crippen LogP contribution in [0.4, 0.5) is 0 Å². The van der Waals surface area contributed by atoms with E-state index in [4.69, 9.17) is 4.74 Å². The molecule has 0 spiro atoms. The van der Waals surface area contributed by atoms with Crippen molar-refractivity contribution in [3.05, 3.63) is 77.4 Å². The predicted molar refractivity (Wildman–Crippen MR) is 97.5 cm³/mol. The van der Waals surface area contributed by atoms with E-state index in [0.29, 0.717) is 17.5 Å². The van der Waals surface area contributed by atoms with Gasteiger partial charge in [0.25, 0.3) is 11.8 Å². The van der Waals surface area contributed by atoms with E-state index in [1.54, 1.807) is 30.3 Å². The number of esters is 1. The molecule has 1 aliphatic rings. The molecule has 0 bridgehead atoms. The number of imide groups is 1. The van der Waals surface area contributed by atoms with Crippen molar-refractivity contribution in [1.82, 2.24) is 4.90 Å². The zero-order valence-electron chi connectivity index (χ0n) is 14.3. The van der Waals surface area contributed by atoms with Crippen molar-refractivity contribution in [2.45, 2.75) is 12.8 Å². The van der Waals surface area contributed by atoms with Crippen LogP contribution in [0.15, 0.2) is 60.7 Å². The molecule has 0 atom stereocenters. The van der Waals surface area contributed by atoms with Crippen LogP contribution in [0, 0.1) is 0 Å². The van der Waals surface area contributed by atoms with E-state index in [0.717, 1.165) is 5.56 Å². The van der Waals surface area contributed by atoms with Gasteiger partial charge in [0.1, 0.15) is 6.61 Å². The molecule has 0 radical (unpaired) electrons. The standard InChI is InChI=1S/C21H19NO4/c23-19(26-15-7-10-16-8-2-1-3-9-16)13-6-14-22-20(24)17-11-4-5-12-18(17)21(22)25/h1-5,7-12H,6,13-15H2/b10-7+. The zero-order valence-corrected chi connectivity index (χ0v) is 14.3. The minimum Gasteiger partial charge on any atom is -0.461 e. The van der Waals surface area contributed by atoms with Crippen molar-refractivity contribution in [3.63, 3.8) is 0 Å². The van der Waals surface area contributed by atoms with Crippen molar-refractivity contribution in [2.24, 2.45) is 0 Å². The van der Waals surface area contributed by atoms with Crippen LogP contribution in [0.25, 0.3) is 6.08 Å². The first-order valence-electron chi connectivity index (χ1n) is 8.49. The lowest BCUT2D eigenvalue weighted by atomic mass is 10.1. The average Bonchev–Trinajstić information content (AvgIpc) is 2.91. The number of rotatable bonds is 7. The second-order valence-corrected chi connectivity index (χ2v) is 5.91. The fourth-order valence-electron chi connectivity index (χ4n) is 2.79. The molecule has 0 fully saturated rings. The van der Waals surface area contributed by atoms with E-state index in [9.17, 15) is 14.4 Å². The van der Waals surface area contributed by atoms with Gasteiger partial charge in [0.15, 0.2) is 0 Å². The van der Waals surface area contributed by atoms with Crippen molar-refractivity contribution >= 4 is 23.9 Å². The molecule has 0 N–H and O–H groups in total. The first kappa shape index (κ1) is 17.6. The number of hydrogen-bond acceptors (Lipinski definition) is 4. The molecule has 2 amide bonds. The van der Waals surface area contributed by atoms with E-state index in [-0.39, 0.29) is 37.4 Å². The van der Waals surface area contributed by atoms with Gasteiger partial charge in [-0.25, -0.2) is 0 Å². The Morgan fingerprint density at radius 2 is 1.54 bits per heavy atom. The molecule has 26 heavy (non-hydrogen) atoms. The molecule has 3 rings (SSSR count). The van der Waals surface area contributed by atoms with Gasteiger partial charge in [-0.1, -0.05) is 48.5 Å². The van der Waals surface area contributed by atoms with Gasteiger partial charge >= 0.3 is 5.97 Å². The minimum absolute atomic E-state index is 0.159. The maximum Gasteiger partial charge on any atom is 0.306 e. The number of benzene rings is 2. The van der Waals surface area contributed by atoms with Crippen molar-refractivity contribution in [1.29, 1.82) is 0 Å². The molecule has 5 heteroatoms. The Morgan fingerprint density at radius 1 is 0.923 bits per heavy atom. The lowest BCUT2D eigenvalue weighted by Crippen LogP contribution is -2.31. The third-order valence-electron chi connectivity index (χ3n) is 4.09. The SMILES string of the molecule is O=C(CCCN1C(=O)c2ccccc2C1=O)OC/C=C/c1ccccc1. The number of nitrogens with zero attached hydrogens (tertiary/aromatic N) is 1. The van der Waals surface area contributed by atoms with Crippen LogP contribution >= 0.6 is 0 Å². The van der Waals surface area contributed by atoms with Crippen LogP contribution in [0.3, 0.4) is 0 Å². The van der Waals surface area contributed by atoms with E-state index in [1.165, 1.54) is 4.90 Å². The van der Waals surface area contributed by atoms with Crippen LogP contribution in [0.1, 0.15) is 39.1 Å². The summed E-state index contributed by atoms with van der Waals surface area (Å²) in [6.45, 7) is 0.405. The summed E-state index contributed by atoms with van der Waals surface area (Å²) in [6.07, 6.45) is 4.20. The molecule has 5 nitrogen and oxygen atoms in total. The lowest BCUT2D eigenvalue weighted by Gasteiger charge is -2.13. The van der Waals surface area contributed by atoms with Crippen molar-refractivity contribution in [2.75, 3.05) is 13.2 Å². The highest BCUT2D eigenvalue weighted by Gasteiger charge is 2.34. The first-order chi connectivity index (χ1) is 12.7. The fraction of sp³-hybridized carbons (Fsp3) is 0.190. The molecule has 0 saturated carbocycles. The second-order valence-electron chi connectivity index (χ2n) is 5.91. The largest absolute Gasteiger partial charge is 0.461 e. The summed E-state index contributed by atoms with van der Waals surface area (Å²) in [5.74, 6) is -0.950. The number of hydrogen-bond donors (Lipinski definition) is 0. The average molecular weight is 349 g/mol. The zero-order chi connectivity index (χ0) is 18.4. The Bertz CT molecular complexity index is 807. The van der Waals surface area contributed by atoms with Crippen molar-refractivity contribution < 1.29 is 19.1 Å². The van der Waals surface area contributed by atoms with Gasteiger partial charge in [0, 0.05) is 13.0 Å². The van der Waals surface area contributed by atoms with Crippen LogP contribution in [-0.2, 0) is 9.53 Å². The molecule has 2 aromatic carbocycles. The van der Waals surface area contributed by atoms with Crippen LogP contribution in [0.5, 0.6) is 0 Å². The van der Waals surface area contributed by atoms with Crippen LogP contribution < -0.4 is 0 Å². The third kappa shape index (κ3) is 4.06. The number of ether oxygens (including phenoxy) is 1. The van der Waals surface area contributed by atoms with Crippen LogP contribution in [-0.4, -0.2) is 35.8 Å². The molecule has 1 aliphatic heterocycles. The highest BCUT2D eigenvalue weighted by molar-refractivity contribution is 6.21. The predicted octanol–water partition coefficient (Wildman–Crippen LogP) is 3.32. The molecule has 0 unspecified atom stereocenters. The van der Waals surface area contributed by atoms with Crippen molar-refractivity contribution in [3.8, 4) is 0 Å². The third-order valence-corrected chi connectivity index (χ3v) is 4.09. The maximum atomic E-state index is 12.2. The minimum atomic E-state index is -0.348.